The van der Waals surface area contributed by atoms with Crippen molar-refractivity contribution < 1.29 is 38.1 Å². The van der Waals surface area contributed by atoms with Crippen molar-refractivity contribution in [3.63, 3.8) is 0 Å². The van der Waals surface area contributed by atoms with Crippen LogP contribution in [0.4, 0.5) is 9.59 Å². The fourth-order valence-electron chi connectivity index (χ4n) is 8.44. The molecule has 324 valence electrons. The average Bonchev–Trinajstić information content (AvgIpc) is 4.05. The number of hydrogen-bond acceptors (Lipinski definition) is 10. The van der Waals surface area contributed by atoms with Crippen molar-refractivity contribution >= 4 is 35.1 Å². The van der Waals surface area contributed by atoms with Gasteiger partial charge in [-0.25, -0.2) is 19.6 Å². The molecule has 0 spiro atoms. The van der Waals surface area contributed by atoms with Crippen LogP contribution in [0.25, 0.3) is 33.7 Å². The average molecular weight is 837 g/mol. The SMILES string of the molecule is CCCN(Cc1ncc(-c2ccc3c(c2)OC(C)C2=C3COc3cc(-c4cnc(C5CCCN5C(=O)C(NC(=O)OC)C(C)C)[nH]4)ccc32)[nH]1)C(=O)C(NC(=O)OC)C(C)C. The number of ether oxygens (including phenoxy) is 4. The van der Waals surface area contributed by atoms with Gasteiger partial charge in [0.25, 0.3) is 0 Å². The first kappa shape index (κ1) is 42.8. The highest BCUT2D eigenvalue weighted by molar-refractivity contribution is 5.99. The minimum absolute atomic E-state index is 0.123. The fourth-order valence-corrected chi connectivity index (χ4v) is 8.44. The highest BCUT2D eigenvalue weighted by atomic mass is 16.5. The summed E-state index contributed by atoms with van der Waals surface area (Å²) in [5.41, 5.74) is 7.44. The third-order valence-electron chi connectivity index (χ3n) is 11.6. The second-order valence-electron chi connectivity index (χ2n) is 16.5. The molecule has 0 aliphatic carbocycles. The van der Waals surface area contributed by atoms with Crippen molar-refractivity contribution in [2.24, 2.45) is 11.8 Å². The summed E-state index contributed by atoms with van der Waals surface area (Å²) in [5.74, 6) is 2.19. The van der Waals surface area contributed by atoms with Gasteiger partial charge >= 0.3 is 12.2 Å². The molecule has 5 heterocycles. The van der Waals surface area contributed by atoms with E-state index < -0.39 is 24.3 Å². The van der Waals surface area contributed by atoms with Crippen molar-refractivity contribution in [1.29, 1.82) is 0 Å². The second kappa shape index (κ2) is 18.1. The third-order valence-corrected chi connectivity index (χ3v) is 11.6. The molecule has 4 N–H and O–H groups in total. The first-order valence-corrected chi connectivity index (χ1v) is 21.0. The number of nitrogens with zero attached hydrogens (tertiary/aromatic N) is 4. The zero-order valence-corrected chi connectivity index (χ0v) is 36.1. The van der Waals surface area contributed by atoms with Crippen LogP contribution in [0.2, 0.25) is 0 Å². The summed E-state index contributed by atoms with van der Waals surface area (Å²) < 4.78 is 22.6. The van der Waals surface area contributed by atoms with Crippen LogP contribution < -0.4 is 20.1 Å². The van der Waals surface area contributed by atoms with E-state index in [1.165, 1.54) is 14.2 Å². The van der Waals surface area contributed by atoms with Crippen molar-refractivity contribution in [2.45, 2.75) is 91.6 Å². The van der Waals surface area contributed by atoms with Crippen molar-refractivity contribution in [3.05, 3.63) is 71.6 Å². The first-order chi connectivity index (χ1) is 29.3. The van der Waals surface area contributed by atoms with Crippen LogP contribution in [-0.2, 0) is 25.6 Å². The number of carbonyl (C=O) groups is 4. The number of alkyl carbamates (subject to hydrolysis) is 2. The highest BCUT2D eigenvalue weighted by Crippen LogP contribution is 2.47. The van der Waals surface area contributed by atoms with Crippen molar-refractivity contribution in [2.75, 3.05) is 33.9 Å². The minimum atomic E-state index is -0.730. The lowest BCUT2D eigenvalue weighted by molar-refractivity contribution is -0.136. The molecule has 2 aromatic heterocycles. The van der Waals surface area contributed by atoms with Gasteiger partial charge in [0.15, 0.2) is 0 Å². The van der Waals surface area contributed by atoms with Crippen LogP contribution in [0.5, 0.6) is 11.5 Å². The number of aromatic nitrogens is 4. The number of methoxy groups -OCH3 is 2. The van der Waals surface area contributed by atoms with Crippen LogP contribution in [0.1, 0.15) is 89.6 Å². The van der Waals surface area contributed by atoms with Gasteiger partial charge in [-0.1, -0.05) is 58.9 Å². The molecule has 7 rings (SSSR count). The maximum absolute atomic E-state index is 13.6. The van der Waals surface area contributed by atoms with E-state index in [1.807, 2.05) is 71.9 Å². The van der Waals surface area contributed by atoms with Gasteiger partial charge in [-0.2, -0.15) is 0 Å². The molecule has 4 aromatic rings. The lowest BCUT2D eigenvalue weighted by Crippen LogP contribution is -2.51. The third kappa shape index (κ3) is 8.79. The van der Waals surface area contributed by atoms with Crippen molar-refractivity contribution in [1.82, 2.24) is 40.4 Å². The molecule has 3 aliphatic heterocycles. The molecule has 1 fully saturated rings. The number of imidazole rings is 2. The summed E-state index contributed by atoms with van der Waals surface area (Å²) in [6, 6.07) is 10.5. The fraction of sp³-hybridized carbons (Fsp3) is 0.467. The van der Waals surface area contributed by atoms with Crippen LogP contribution in [0, 0.1) is 11.8 Å². The van der Waals surface area contributed by atoms with Gasteiger partial charge in [0.2, 0.25) is 11.8 Å². The Kier molecular flexibility index (Phi) is 12.7. The van der Waals surface area contributed by atoms with Gasteiger partial charge in [-0.3, -0.25) is 9.59 Å². The van der Waals surface area contributed by atoms with Gasteiger partial charge in [0.1, 0.15) is 47.9 Å². The van der Waals surface area contributed by atoms with Gasteiger partial charge in [0, 0.05) is 46.5 Å². The maximum Gasteiger partial charge on any atom is 0.407 e. The highest BCUT2D eigenvalue weighted by Gasteiger charge is 2.38. The Morgan fingerprint density at radius 3 is 2.20 bits per heavy atom. The van der Waals surface area contributed by atoms with Crippen molar-refractivity contribution in [3.8, 4) is 34.0 Å². The van der Waals surface area contributed by atoms with Gasteiger partial charge in [-0.15, -0.1) is 0 Å². The number of hydrogen-bond donors (Lipinski definition) is 4. The number of likely N-dealkylation sites (tertiary alicyclic amines) is 1. The lowest BCUT2D eigenvalue weighted by Gasteiger charge is -2.34. The molecule has 16 nitrogen and oxygen atoms in total. The standard InChI is InChI=1S/C45H56N8O8/c1-9-16-52(42(54)39(24(2)3)50-44(56)58-7)22-37-46-20-32(48-37)28-12-14-29-31-23-60-35-18-27(13-15-30(35)38(31)26(6)61-36(29)19-28)33-21-47-41(49-33)34-11-10-17-53(34)43(55)40(25(4)5)51-45(57)59-8/h12-15,18-21,24-26,34,39-40H,9-11,16-17,22-23H2,1-8H3,(H,46,48)(H,47,49)(H,50,56)(H,51,57). The van der Waals surface area contributed by atoms with E-state index in [9.17, 15) is 19.2 Å². The predicted molar refractivity (Wildman–Crippen MR) is 228 cm³/mol. The summed E-state index contributed by atoms with van der Waals surface area (Å²) in [6.45, 7) is 13.3. The van der Waals surface area contributed by atoms with E-state index in [4.69, 9.17) is 23.9 Å². The van der Waals surface area contributed by atoms with Crippen LogP contribution in [0.3, 0.4) is 0 Å². The number of H-pyrrole nitrogens is 2. The Balaban J connectivity index is 1.07. The molecule has 4 amide bonds. The van der Waals surface area contributed by atoms with Crippen LogP contribution in [-0.4, -0.2) is 106 Å². The number of aromatic amines is 2. The zero-order valence-electron chi connectivity index (χ0n) is 36.1. The van der Waals surface area contributed by atoms with E-state index in [0.29, 0.717) is 31.3 Å². The monoisotopic (exact) mass is 836 g/mol. The number of rotatable bonds is 13. The Morgan fingerprint density at radius 2 is 1.52 bits per heavy atom. The van der Waals surface area contributed by atoms with Gasteiger partial charge < -0.3 is 49.3 Å². The van der Waals surface area contributed by atoms with Crippen LogP contribution >= 0.6 is 0 Å². The first-order valence-electron chi connectivity index (χ1n) is 21.0. The molecule has 2 aromatic carbocycles. The summed E-state index contributed by atoms with van der Waals surface area (Å²) in [5, 5.41) is 5.38. The number of fused-ring (bicyclic) bond motifs is 4. The van der Waals surface area contributed by atoms with E-state index in [2.05, 4.69) is 31.7 Å². The van der Waals surface area contributed by atoms with Gasteiger partial charge in [0.05, 0.1) is 50.6 Å². The minimum Gasteiger partial charge on any atom is -0.488 e. The molecule has 3 aliphatic rings. The second-order valence-corrected chi connectivity index (χ2v) is 16.5. The van der Waals surface area contributed by atoms with Gasteiger partial charge in [-0.05, 0) is 50.2 Å². The number of benzene rings is 2. The van der Waals surface area contributed by atoms with E-state index in [-0.39, 0.29) is 42.3 Å². The molecule has 1 saturated heterocycles. The quantitative estimate of drug-likeness (QED) is 0.112. The number of amides is 4. The molecule has 4 unspecified atom stereocenters. The Bertz CT molecular complexity index is 2310. The molecule has 0 saturated carbocycles. The van der Waals surface area contributed by atoms with E-state index >= 15 is 0 Å². The Hall–Kier alpha value is -6.32. The summed E-state index contributed by atoms with van der Waals surface area (Å²) in [4.78, 5) is 70.9. The largest absolute Gasteiger partial charge is 0.488 e. The summed E-state index contributed by atoms with van der Waals surface area (Å²) in [6.07, 6.45) is 4.34. The lowest BCUT2D eigenvalue weighted by atomic mass is 9.86. The molecular weight excluding hydrogens is 781 g/mol. The normalized spacial score (nSPS) is 17.7. The Morgan fingerprint density at radius 1 is 0.885 bits per heavy atom. The maximum atomic E-state index is 13.6. The summed E-state index contributed by atoms with van der Waals surface area (Å²) >= 11 is 0. The molecule has 4 atom stereocenters. The Labute approximate surface area is 355 Å². The number of nitrogens with one attached hydrogen (secondary N) is 4. The smallest absolute Gasteiger partial charge is 0.407 e. The predicted octanol–water partition coefficient (Wildman–Crippen LogP) is 6.71. The summed E-state index contributed by atoms with van der Waals surface area (Å²) in [7, 11) is 2.56. The number of carbonyl (C=O) groups excluding carboxylic acids is 4. The molecule has 16 heteroatoms. The van der Waals surface area contributed by atoms with E-state index in [1.54, 1.807) is 22.2 Å². The van der Waals surface area contributed by atoms with E-state index in [0.717, 1.165) is 75.5 Å². The van der Waals surface area contributed by atoms with Crippen LogP contribution in [0.15, 0.2) is 48.8 Å². The molecule has 0 radical (unpaired) electrons. The molecular formula is C45H56N8O8. The zero-order chi connectivity index (χ0) is 43.5. The topological polar surface area (TPSA) is 193 Å². The molecule has 0 bridgehead atoms. The molecule has 61 heavy (non-hydrogen) atoms.